The molecule has 2 aliphatic rings. The number of aliphatic hydroxyl groups is 1. The molecule has 1 fully saturated rings. The minimum absolute atomic E-state index is 0.0388. The Kier molecular flexibility index (Phi) is 4.57. The number of hydrogen-bond acceptors (Lipinski definition) is 4. The van der Waals surface area contributed by atoms with E-state index in [4.69, 9.17) is 4.74 Å². The van der Waals surface area contributed by atoms with Gasteiger partial charge in [-0.25, -0.2) is 0 Å². The lowest BCUT2D eigenvalue weighted by Gasteiger charge is -2.37. The molecule has 1 aromatic heterocycles. The molecule has 3 N–H and O–H groups in total. The number of nitrogens with zero attached hydrogens (tertiary/aromatic N) is 1. The van der Waals surface area contributed by atoms with E-state index in [2.05, 4.69) is 15.5 Å². The van der Waals surface area contributed by atoms with Crippen molar-refractivity contribution in [3.8, 4) is 0 Å². The third-order valence-corrected chi connectivity index (χ3v) is 5.12. The Bertz CT molecular complexity index is 651. The first-order valence-corrected chi connectivity index (χ1v) is 8.43. The third kappa shape index (κ3) is 3.39. The number of carbonyl (C=O) groups is 1. The van der Waals surface area contributed by atoms with Crippen molar-refractivity contribution in [2.24, 2.45) is 0 Å². The maximum atomic E-state index is 12.8. The molecule has 0 spiro atoms. The standard InChI is InChI=1S/C16H22F3N3O3/c1-8-7-11-12(9(2)25-8)21-22-13(11)14(23)20-10-3-5-15(24,6-4-10)16(17,18)19/h8-10,24H,3-7H2,1-2H3,(H,20,23)(H,21,22)/t8-,9+,10?,15?/m1/s1. The van der Waals surface area contributed by atoms with Gasteiger partial charge in [-0.15, -0.1) is 0 Å². The number of halogens is 3. The van der Waals surface area contributed by atoms with Crippen LogP contribution in [0.4, 0.5) is 13.2 Å². The summed E-state index contributed by atoms with van der Waals surface area (Å²) in [6.45, 7) is 3.78. The fourth-order valence-corrected chi connectivity index (χ4v) is 3.64. The van der Waals surface area contributed by atoms with Gasteiger partial charge >= 0.3 is 6.18 Å². The van der Waals surface area contributed by atoms with Crippen LogP contribution in [0.3, 0.4) is 0 Å². The zero-order chi connectivity index (χ0) is 18.4. The van der Waals surface area contributed by atoms with Crippen molar-refractivity contribution in [1.82, 2.24) is 15.5 Å². The molecular weight excluding hydrogens is 339 g/mol. The Hall–Kier alpha value is -1.61. The smallest absolute Gasteiger partial charge is 0.380 e. The van der Waals surface area contributed by atoms with Gasteiger partial charge in [0.2, 0.25) is 0 Å². The number of rotatable bonds is 2. The Morgan fingerprint density at radius 3 is 2.60 bits per heavy atom. The monoisotopic (exact) mass is 361 g/mol. The topological polar surface area (TPSA) is 87.2 Å². The van der Waals surface area contributed by atoms with Gasteiger partial charge in [-0.3, -0.25) is 9.89 Å². The summed E-state index contributed by atoms with van der Waals surface area (Å²) in [5, 5.41) is 19.3. The van der Waals surface area contributed by atoms with Gasteiger partial charge in [0, 0.05) is 18.0 Å². The van der Waals surface area contributed by atoms with Crippen molar-refractivity contribution in [1.29, 1.82) is 0 Å². The molecule has 140 valence electrons. The summed E-state index contributed by atoms with van der Waals surface area (Å²) in [7, 11) is 0. The number of H-pyrrole nitrogens is 1. The molecule has 1 aromatic rings. The molecule has 0 saturated heterocycles. The van der Waals surface area contributed by atoms with Crippen molar-refractivity contribution in [2.75, 3.05) is 0 Å². The first kappa shape index (κ1) is 18.2. The van der Waals surface area contributed by atoms with Crippen molar-refractivity contribution >= 4 is 5.91 Å². The first-order chi connectivity index (χ1) is 11.6. The highest BCUT2D eigenvalue weighted by Gasteiger charge is 2.54. The number of aromatic nitrogens is 2. The SMILES string of the molecule is C[C@@H]1Cc2c(C(=O)NC3CCC(O)(C(F)(F)F)CC3)n[nH]c2[C@H](C)O1. The highest BCUT2D eigenvalue weighted by atomic mass is 19.4. The number of fused-ring (bicyclic) bond motifs is 1. The van der Waals surface area contributed by atoms with Crippen molar-refractivity contribution in [2.45, 2.75) is 76.0 Å². The number of hydrogen-bond donors (Lipinski definition) is 3. The van der Waals surface area contributed by atoms with Gasteiger partial charge in [0.1, 0.15) is 0 Å². The second kappa shape index (κ2) is 6.28. The summed E-state index contributed by atoms with van der Waals surface area (Å²) < 4.78 is 44.2. The average molecular weight is 361 g/mol. The molecule has 25 heavy (non-hydrogen) atoms. The van der Waals surface area contributed by atoms with Crippen LogP contribution in [0, 0.1) is 0 Å². The van der Waals surface area contributed by atoms with Crippen LogP contribution in [0.5, 0.6) is 0 Å². The van der Waals surface area contributed by atoms with Gasteiger partial charge < -0.3 is 15.2 Å². The van der Waals surface area contributed by atoms with E-state index in [1.54, 1.807) is 0 Å². The van der Waals surface area contributed by atoms with Crippen LogP contribution in [0.15, 0.2) is 0 Å². The minimum atomic E-state index is -4.64. The van der Waals surface area contributed by atoms with E-state index in [-0.39, 0.29) is 30.7 Å². The highest BCUT2D eigenvalue weighted by molar-refractivity contribution is 5.94. The van der Waals surface area contributed by atoms with E-state index >= 15 is 0 Å². The summed E-state index contributed by atoms with van der Waals surface area (Å²) in [5.74, 6) is -0.402. The first-order valence-electron chi connectivity index (χ1n) is 8.43. The molecule has 1 aliphatic heterocycles. The Morgan fingerprint density at radius 2 is 2.00 bits per heavy atom. The molecule has 1 aliphatic carbocycles. The zero-order valence-corrected chi connectivity index (χ0v) is 14.1. The molecule has 1 saturated carbocycles. The van der Waals surface area contributed by atoms with E-state index in [1.165, 1.54) is 0 Å². The molecule has 0 radical (unpaired) electrons. The molecule has 2 atom stereocenters. The number of nitrogens with one attached hydrogen (secondary N) is 2. The lowest BCUT2D eigenvalue weighted by molar-refractivity contribution is -0.270. The average Bonchev–Trinajstić information content (AvgIpc) is 2.92. The lowest BCUT2D eigenvalue weighted by Crippen LogP contribution is -2.51. The lowest BCUT2D eigenvalue weighted by atomic mass is 9.81. The second-order valence-corrected chi connectivity index (χ2v) is 7.03. The number of amides is 1. The fourth-order valence-electron chi connectivity index (χ4n) is 3.64. The maximum absolute atomic E-state index is 12.8. The van der Waals surface area contributed by atoms with E-state index in [9.17, 15) is 23.1 Å². The summed E-state index contributed by atoms with van der Waals surface area (Å²) in [6, 6.07) is -0.405. The van der Waals surface area contributed by atoms with Gasteiger partial charge in [0.05, 0.1) is 17.9 Å². The number of carbonyl (C=O) groups excluding carboxylic acids is 1. The van der Waals surface area contributed by atoms with Gasteiger partial charge in [0.15, 0.2) is 11.3 Å². The van der Waals surface area contributed by atoms with Crippen molar-refractivity contribution in [3.05, 3.63) is 17.0 Å². The third-order valence-electron chi connectivity index (χ3n) is 5.12. The van der Waals surface area contributed by atoms with E-state index < -0.39 is 36.6 Å². The van der Waals surface area contributed by atoms with Crippen LogP contribution in [0.2, 0.25) is 0 Å². The highest BCUT2D eigenvalue weighted by Crippen LogP contribution is 2.41. The van der Waals surface area contributed by atoms with E-state index in [0.717, 1.165) is 11.3 Å². The zero-order valence-electron chi connectivity index (χ0n) is 14.1. The Balaban J connectivity index is 1.65. The van der Waals surface area contributed by atoms with Crippen LogP contribution in [0.1, 0.15) is 67.4 Å². The number of alkyl halides is 3. The molecular formula is C16H22F3N3O3. The Morgan fingerprint density at radius 1 is 1.36 bits per heavy atom. The van der Waals surface area contributed by atoms with Crippen molar-refractivity contribution < 1.29 is 27.8 Å². The van der Waals surface area contributed by atoms with Gasteiger partial charge in [0.25, 0.3) is 5.91 Å². The second-order valence-electron chi connectivity index (χ2n) is 7.03. The fraction of sp³-hybridized carbons (Fsp3) is 0.750. The number of aromatic amines is 1. The summed E-state index contributed by atoms with van der Waals surface area (Å²) >= 11 is 0. The normalized spacial score (nSPS) is 33.0. The summed E-state index contributed by atoms with van der Waals surface area (Å²) in [4.78, 5) is 12.5. The molecule has 0 unspecified atom stereocenters. The van der Waals surface area contributed by atoms with E-state index in [1.807, 2.05) is 13.8 Å². The molecule has 9 heteroatoms. The van der Waals surface area contributed by atoms with Gasteiger partial charge in [-0.2, -0.15) is 18.3 Å². The van der Waals surface area contributed by atoms with Gasteiger partial charge in [-0.1, -0.05) is 0 Å². The van der Waals surface area contributed by atoms with Crippen LogP contribution in [-0.2, 0) is 11.2 Å². The van der Waals surface area contributed by atoms with Crippen LogP contribution in [0.25, 0.3) is 0 Å². The predicted molar refractivity (Wildman–Crippen MR) is 82.0 cm³/mol. The molecule has 6 nitrogen and oxygen atoms in total. The molecule has 0 aromatic carbocycles. The van der Waals surface area contributed by atoms with E-state index in [0.29, 0.717) is 6.42 Å². The van der Waals surface area contributed by atoms with Crippen LogP contribution < -0.4 is 5.32 Å². The van der Waals surface area contributed by atoms with Crippen molar-refractivity contribution in [3.63, 3.8) is 0 Å². The number of ether oxygens (including phenoxy) is 1. The Labute approximate surface area is 143 Å². The summed E-state index contributed by atoms with van der Waals surface area (Å²) in [6.07, 6.45) is -5.00. The summed E-state index contributed by atoms with van der Waals surface area (Å²) in [5.41, 5.74) is -0.819. The molecule has 2 heterocycles. The maximum Gasteiger partial charge on any atom is 0.417 e. The minimum Gasteiger partial charge on any atom is -0.380 e. The van der Waals surface area contributed by atoms with Gasteiger partial charge in [-0.05, 0) is 39.5 Å². The van der Waals surface area contributed by atoms with Crippen LogP contribution >= 0.6 is 0 Å². The molecule has 0 bridgehead atoms. The predicted octanol–water partition coefficient (Wildman–Crippen LogP) is 2.40. The molecule has 1 amide bonds. The van der Waals surface area contributed by atoms with Crippen LogP contribution in [-0.4, -0.2) is 45.1 Å². The quantitative estimate of drug-likeness (QED) is 0.755. The largest absolute Gasteiger partial charge is 0.417 e. The molecule has 3 rings (SSSR count).